The van der Waals surface area contributed by atoms with Crippen molar-refractivity contribution < 1.29 is 0 Å². The molecule has 0 unspecified atom stereocenters. The molecular formula is C14H12BrN3. The molecular weight excluding hydrogens is 290 g/mol. The van der Waals surface area contributed by atoms with Crippen LogP contribution in [0, 0.1) is 6.92 Å². The fraction of sp³-hybridized carbons (Fsp3) is 0.0714. The monoisotopic (exact) mass is 301 g/mol. The number of aryl methyl sites for hydroxylation is 1. The fourth-order valence-electron chi connectivity index (χ4n) is 1.99. The fourth-order valence-corrected chi connectivity index (χ4v) is 2.44. The number of fused-ring (bicyclic) bond motifs is 1. The van der Waals surface area contributed by atoms with Crippen LogP contribution in [0.15, 0.2) is 40.9 Å². The topological polar surface area (TPSA) is 54.7 Å². The minimum atomic E-state index is 0.737. The molecule has 0 aliphatic carbocycles. The summed E-state index contributed by atoms with van der Waals surface area (Å²) in [7, 11) is 0. The standard InChI is InChI=1S/C14H12BrN3/c1-8-3-2-4-10(13(8)15)14-17-11-6-5-9(16)7-12(11)18-14/h2-7H,16H2,1H3,(H,17,18). The van der Waals surface area contributed by atoms with Gasteiger partial charge in [0.1, 0.15) is 5.82 Å². The molecule has 0 saturated heterocycles. The smallest absolute Gasteiger partial charge is 0.139 e. The van der Waals surface area contributed by atoms with Gasteiger partial charge in [0.15, 0.2) is 0 Å². The van der Waals surface area contributed by atoms with E-state index in [-0.39, 0.29) is 0 Å². The van der Waals surface area contributed by atoms with Crippen LogP contribution in [0.4, 0.5) is 5.69 Å². The highest BCUT2D eigenvalue weighted by atomic mass is 79.9. The number of aromatic amines is 1. The number of aromatic nitrogens is 2. The molecule has 3 aromatic rings. The summed E-state index contributed by atoms with van der Waals surface area (Å²) in [6, 6.07) is 11.8. The molecule has 0 aliphatic rings. The highest BCUT2D eigenvalue weighted by Crippen LogP contribution is 2.30. The second-order valence-corrected chi connectivity index (χ2v) is 5.09. The third kappa shape index (κ3) is 1.78. The number of imidazole rings is 1. The van der Waals surface area contributed by atoms with Gasteiger partial charge in [-0.15, -0.1) is 0 Å². The zero-order valence-corrected chi connectivity index (χ0v) is 11.5. The maximum absolute atomic E-state index is 5.77. The van der Waals surface area contributed by atoms with Gasteiger partial charge in [0, 0.05) is 15.7 Å². The van der Waals surface area contributed by atoms with Gasteiger partial charge in [0.25, 0.3) is 0 Å². The Bertz CT molecular complexity index is 731. The molecule has 0 bridgehead atoms. The third-order valence-corrected chi connectivity index (χ3v) is 4.01. The predicted molar refractivity (Wildman–Crippen MR) is 78.4 cm³/mol. The van der Waals surface area contributed by atoms with Crippen molar-refractivity contribution in [2.75, 3.05) is 5.73 Å². The molecule has 3 N–H and O–H groups in total. The van der Waals surface area contributed by atoms with Gasteiger partial charge < -0.3 is 10.7 Å². The van der Waals surface area contributed by atoms with Gasteiger partial charge in [-0.2, -0.15) is 0 Å². The van der Waals surface area contributed by atoms with Gasteiger partial charge in [-0.1, -0.05) is 18.2 Å². The molecule has 3 nitrogen and oxygen atoms in total. The summed E-state index contributed by atoms with van der Waals surface area (Å²) in [5.41, 5.74) is 10.6. The third-order valence-electron chi connectivity index (χ3n) is 2.95. The van der Waals surface area contributed by atoms with Crippen molar-refractivity contribution in [2.24, 2.45) is 0 Å². The normalized spacial score (nSPS) is 11.0. The number of nitrogens with two attached hydrogens (primary N) is 1. The molecule has 0 spiro atoms. The molecule has 18 heavy (non-hydrogen) atoms. The first kappa shape index (κ1) is 11.3. The molecule has 1 aromatic heterocycles. The Morgan fingerprint density at radius 2 is 2.06 bits per heavy atom. The first-order chi connectivity index (χ1) is 8.65. The Morgan fingerprint density at radius 1 is 1.22 bits per heavy atom. The lowest BCUT2D eigenvalue weighted by molar-refractivity contribution is 1.31. The van der Waals surface area contributed by atoms with Crippen LogP contribution in [0.5, 0.6) is 0 Å². The van der Waals surface area contributed by atoms with Crippen LogP contribution < -0.4 is 5.73 Å². The van der Waals surface area contributed by atoms with Gasteiger partial charge in [0.2, 0.25) is 0 Å². The highest BCUT2D eigenvalue weighted by Gasteiger charge is 2.09. The van der Waals surface area contributed by atoms with Crippen molar-refractivity contribution in [2.45, 2.75) is 6.92 Å². The largest absolute Gasteiger partial charge is 0.399 e. The Hall–Kier alpha value is -1.81. The van der Waals surface area contributed by atoms with E-state index in [0.29, 0.717) is 0 Å². The molecule has 0 radical (unpaired) electrons. The number of nitrogens with one attached hydrogen (secondary N) is 1. The van der Waals surface area contributed by atoms with E-state index < -0.39 is 0 Å². The van der Waals surface area contributed by atoms with Crippen LogP contribution in [0.1, 0.15) is 5.56 Å². The van der Waals surface area contributed by atoms with Gasteiger partial charge in [0.05, 0.1) is 11.0 Å². The number of hydrogen-bond donors (Lipinski definition) is 2. The van der Waals surface area contributed by atoms with E-state index in [0.717, 1.165) is 32.6 Å². The summed E-state index contributed by atoms with van der Waals surface area (Å²) < 4.78 is 1.07. The summed E-state index contributed by atoms with van der Waals surface area (Å²) >= 11 is 3.60. The predicted octanol–water partition coefficient (Wildman–Crippen LogP) is 3.88. The van der Waals surface area contributed by atoms with Crippen LogP contribution in [-0.2, 0) is 0 Å². The maximum Gasteiger partial charge on any atom is 0.139 e. The number of nitrogens with zero attached hydrogens (tertiary/aromatic N) is 1. The zero-order valence-electron chi connectivity index (χ0n) is 9.87. The first-order valence-electron chi connectivity index (χ1n) is 5.66. The van der Waals surface area contributed by atoms with E-state index in [2.05, 4.69) is 38.9 Å². The Morgan fingerprint density at radius 3 is 2.89 bits per heavy atom. The van der Waals surface area contributed by atoms with Crippen LogP contribution in [0.2, 0.25) is 0 Å². The lowest BCUT2D eigenvalue weighted by Gasteiger charge is -2.03. The molecule has 1 heterocycles. The number of H-pyrrole nitrogens is 1. The molecule has 0 fully saturated rings. The van der Waals surface area contributed by atoms with E-state index in [1.165, 1.54) is 5.56 Å². The number of hydrogen-bond acceptors (Lipinski definition) is 2. The van der Waals surface area contributed by atoms with E-state index in [4.69, 9.17) is 5.73 Å². The number of halogens is 1. The van der Waals surface area contributed by atoms with Crippen molar-refractivity contribution in [3.05, 3.63) is 46.4 Å². The summed E-state index contributed by atoms with van der Waals surface area (Å²) in [4.78, 5) is 7.88. The second-order valence-electron chi connectivity index (χ2n) is 4.30. The molecule has 2 aromatic carbocycles. The average molecular weight is 302 g/mol. The van der Waals surface area contributed by atoms with Crippen molar-refractivity contribution in [3.63, 3.8) is 0 Å². The maximum atomic E-state index is 5.77. The molecule has 0 amide bonds. The Balaban J connectivity index is 2.22. The summed E-state index contributed by atoms with van der Waals surface area (Å²) in [5, 5.41) is 0. The summed E-state index contributed by atoms with van der Waals surface area (Å²) in [6.07, 6.45) is 0. The quantitative estimate of drug-likeness (QED) is 0.670. The first-order valence-corrected chi connectivity index (χ1v) is 6.45. The van der Waals surface area contributed by atoms with Crippen molar-refractivity contribution in [3.8, 4) is 11.4 Å². The van der Waals surface area contributed by atoms with Gasteiger partial charge in [-0.3, -0.25) is 0 Å². The van der Waals surface area contributed by atoms with Crippen molar-refractivity contribution >= 4 is 32.7 Å². The Kier molecular flexibility index (Phi) is 2.59. The molecule has 3 rings (SSSR count). The van der Waals surface area contributed by atoms with Gasteiger partial charge in [-0.05, 0) is 46.6 Å². The molecule has 4 heteroatoms. The number of benzene rings is 2. The summed E-state index contributed by atoms with van der Waals surface area (Å²) in [5.74, 6) is 0.853. The second kappa shape index (κ2) is 4.14. The van der Waals surface area contributed by atoms with Gasteiger partial charge >= 0.3 is 0 Å². The number of rotatable bonds is 1. The molecule has 0 aliphatic heterocycles. The number of nitrogen functional groups attached to an aromatic ring is 1. The molecule has 90 valence electrons. The minimum Gasteiger partial charge on any atom is -0.399 e. The van der Waals surface area contributed by atoms with E-state index in [1.807, 2.05) is 30.3 Å². The lowest BCUT2D eigenvalue weighted by Crippen LogP contribution is -1.84. The SMILES string of the molecule is Cc1cccc(-c2nc3ccc(N)cc3[nH]2)c1Br. The molecule has 0 saturated carbocycles. The average Bonchev–Trinajstić information content (AvgIpc) is 2.75. The van der Waals surface area contributed by atoms with Crippen LogP contribution in [0.3, 0.4) is 0 Å². The number of anilines is 1. The van der Waals surface area contributed by atoms with Crippen LogP contribution >= 0.6 is 15.9 Å². The highest BCUT2D eigenvalue weighted by molar-refractivity contribution is 9.10. The zero-order chi connectivity index (χ0) is 12.7. The van der Waals surface area contributed by atoms with Crippen LogP contribution in [0.25, 0.3) is 22.4 Å². The Labute approximate surface area is 113 Å². The van der Waals surface area contributed by atoms with E-state index in [1.54, 1.807) is 0 Å². The van der Waals surface area contributed by atoms with Crippen LogP contribution in [-0.4, -0.2) is 9.97 Å². The van der Waals surface area contributed by atoms with Crippen molar-refractivity contribution in [1.82, 2.24) is 9.97 Å². The summed E-state index contributed by atoms with van der Waals surface area (Å²) in [6.45, 7) is 2.06. The van der Waals surface area contributed by atoms with Gasteiger partial charge in [-0.25, -0.2) is 4.98 Å². The van der Waals surface area contributed by atoms with E-state index >= 15 is 0 Å². The minimum absolute atomic E-state index is 0.737. The lowest BCUT2D eigenvalue weighted by atomic mass is 10.1. The molecule has 0 atom stereocenters. The van der Waals surface area contributed by atoms with Crippen molar-refractivity contribution in [1.29, 1.82) is 0 Å². The van der Waals surface area contributed by atoms with E-state index in [9.17, 15) is 0 Å².